The highest BCUT2D eigenvalue weighted by Crippen LogP contribution is 2.18. The van der Waals surface area contributed by atoms with Crippen molar-refractivity contribution < 1.29 is 14.5 Å². The van der Waals surface area contributed by atoms with E-state index in [9.17, 15) is 19.7 Å². The molecule has 21 heavy (non-hydrogen) atoms. The van der Waals surface area contributed by atoms with Gasteiger partial charge in [-0.1, -0.05) is 13.0 Å². The summed E-state index contributed by atoms with van der Waals surface area (Å²) in [6, 6.07) is 5.52. The first-order valence-corrected chi connectivity index (χ1v) is 6.82. The van der Waals surface area contributed by atoms with Gasteiger partial charge in [-0.05, 0) is 24.8 Å². The third kappa shape index (κ3) is 3.77. The summed E-state index contributed by atoms with van der Waals surface area (Å²) in [4.78, 5) is 35.6. The van der Waals surface area contributed by atoms with E-state index in [-0.39, 0.29) is 11.4 Å². The van der Waals surface area contributed by atoms with E-state index in [1.54, 1.807) is 0 Å². The van der Waals surface area contributed by atoms with E-state index in [0.29, 0.717) is 19.0 Å². The number of hydrogen-bond donors (Lipinski definition) is 1. The lowest BCUT2D eigenvalue weighted by Crippen LogP contribution is -2.44. The molecule has 1 fully saturated rings. The number of rotatable bonds is 2. The van der Waals surface area contributed by atoms with Crippen LogP contribution in [0.15, 0.2) is 24.3 Å². The maximum Gasteiger partial charge on any atom is 0.313 e. The smallest absolute Gasteiger partial charge is 0.313 e. The van der Waals surface area contributed by atoms with E-state index in [1.807, 2.05) is 6.92 Å². The van der Waals surface area contributed by atoms with E-state index in [4.69, 9.17) is 0 Å². The van der Waals surface area contributed by atoms with Crippen LogP contribution in [-0.2, 0) is 9.59 Å². The summed E-state index contributed by atoms with van der Waals surface area (Å²) in [6.45, 7) is 3.19. The topological polar surface area (TPSA) is 92.6 Å². The Morgan fingerprint density at radius 3 is 2.86 bits per heavy atom. The number of nitrogens with zero attached hydrogens (tertiary/aromatic N) is 2. The van der Waals surface area contributed by atoms with Crippen LogP contribution in [0.2, 0.25) is 0 Å². The first kappa shape index (κ1) is 15.0. The molecule has 0 saturated carbocycles. The number of carbonyl (C=O) groups excluding carboxylic acids is 2. The van der Waals surface area contributed by atoms with Crippen LogP contribution < -0.4 is 5.32 Å². The van der Waals surface area contributed by atoms with E-state index >= 15 is 0 Å². The van der Waals surface area contributed by atoms with Crippen LogP contribution in [0.25, 0.3) is 0 Å². The molecule has 1 aromatic carbocycles. The van der Waals surface area contributed by atoms with Gasteiger partial charge in [-0.3, -0.25) is 19.7 Å². The number of nitro groups is 1. The lowest BCUT2D eigenvalue weighted by molar-refractivity contribution is -0.384. The summed E-state index contributed by atoms with van der Waals surface area (Å²) >= 11 is 0. The van der Waals surface area contributed by atoms with Crippen molar-refractivity contribution in [3.05, 3.63) is 34.4 Å². The summed E-state index contributed by atoms with van der Waals surface area (Å²) in [6.07, 6.45) is 1.94. The third-order valence-electron chi connectivity index (χ3n) is 3.45. The van der Waals surface area contributed by atoms with Gasteiger partial charge in [0.05, 0.1) is 4.92 Å². The van der Waals surface area contributed by atoms with Crippen LogP contribution in [0, 0.1) is 16.0 Å². The van der Waals surface area contributed by atoms with E-state index < -0.39 is 16.7 Å². The zero-order valence-electron chi connectivity index (χ0n) is 11.7. The van der Waals surface area contributed by atoms with E-state index in [2.05, 4.69) is 5.32 Å². The molecule has 0 bridgehead atoms. The number of piperidine rings is 1. The molecule has 2 amide bonds. The molecule has 1 aromatic rings. The Morgan fingerprint density at radius 2 is 2.19 bits per heavy atom. The number of benzene rings is 1. The summed E-state index contributed by atoms with van der Waals surface area (Å²) in [5, 5.41) is 13.1. The first-order chi connectivity index (χ1) is 9.97. The molecule has 1 unspecified atom stereocenters. The highest BCUT2D eigenvalue weighted by molar-refractivity contribution is 6.39. The number of nitrogens with one attached hydrogen (secondary N) is 1. The van der Waals surface area contributed by atoms with Crippen molar-refractivity contribution in [1.82, 2.24) is 4.90 Å². The molecule has 1 atom stereocenters. The number of nitro benzene ring substituents is 1. The minimum absolute atomic E-state index is 0.133. The summed E-state index contributed by atoms with van der Waals surface area (Å²) in [7, 11) is 0. The Kier molecular flexibility index (Phi) is 4.52. The van der Waals surface area contributed by atoms with Crippen LogP contribution in [0.4, 0.5) is 11.4 Å². The first-order valence-electron chi connectivity index (χ1n) is 6.82. The minimum Gasteiger partial charge on any atom is -0.334 e. The van der Waals surface area contributed by atoms with Crippen molar-refractivity contribution in [3.8, 4) is 0 Å². The Hall–Kier alpha value is -2.44. The minimum atomic E-state index is -0.760. The van der Waals surface area contributed by atoms with Gasteiger partial charge in [0.1, 0.15) is 0 Å². The number of anilines is 1. The number of non-ortho nitro benzene ring substituents is 1. The zero-order valence-corrected chi connectivity index (χ0v) is 11.7. The maximum atomic E-state index is 12.0. The molecule has 112 valence electrons. The Bertz CT molecular complexity index is 573. The Balaban J connectivity index is 2.02. The zero-order chi connectivity index (χ0) is 15.4. The van der Waals surface area contributed by atoms with Gasteiger partial charge in [0, 0.05) is 30.9 Å². The lowest BCUT2D eigenvalue weighted by Gasteiger charge is -2.30. The fourth-order valence-electron chi connectivity index (χ4n) is 2.40. The molecule has 2 rings (SSSR count). The van der Waals surface area contributed by atoms with Crippen molar-refractivity contribution in [3.63, 3.8) is 0 Å². The number of carbonyl (C=O) groups is 2. The monoisotopic (exact) mass is 291 g/mol. The molecule has 1 saturated heterocycles. The van der Waals surface area contributed by atoms with Gasteiger partial charge < -0.3 is 10.2 Å². The molecular formula is C14H17N3O4. The Morgan fingerprint density at radius 1 is 1.43 bits per heavy atom. The molecule has 1 aliphatic rings. The molecule has 0 aliphatic carbocycles. The second-order valence-electron chi connectivity index (χ2n) is 5.26. The van der Waals surface area contributed by atoms with Gasteiger partial charge in [-0.2, -0.15) is 0 Å². The highest BCUT2D eigenvalue weighted by Gasteiger charge is 2.26. The maximum absolute atomic E-state index is 12.0. The van der Waals surface area contributed by atoms with Gasteiger partial charge in [-0.25, -0.2) is 0 Å². The second-order valence-corrected chi connectivity index (χ2v) is 5.26. The van der Waals surface area contributed by atoms with Crippen LogP contribution in [-0.4, -0.2) is 34.7 Å². The summed E-state index contributed by atoms with van der Waals surface area (Å²) in [5.41, 5.74) is 0.111. The van der Waals surface area contributed by atoms with E-state index in [1.165, 1.54) is 29.2 Å². The van der Waals surface area contributed by atoms with Crippen molar-refractivity contribution in [2.45, 2.75) is 19.8 Å². The highest BCUT2D eigenvalue weighted by atomic mass is 16.6. The largest absolute Gasteiger partial charge is 0.334 e. The third-order valence-corrected chi connectivity index (χ3v) is 3.45. The van der Waals surface area contributed by atoms with Gasteiger partial charge in [0.15, 0.2) is 0 Å². The normalized spacial score (nSPS) is 18.1. The molecule has 1 N–H and O–H groups in total. The van der Waals surface area contributed by atoms with Gasteiger partial charge in [0.25, 0.3) is 5.69 Å². The fourth-order valence-corrected chi connectivity index (χ4v) is 2.40. The van der Waals surface area contributed by atoms with Crippen molar-refractivity contribution in [2.75, 3.05) is 18.4 Å². The average Bonchev–Trinajstić information content (AvgIpc) is 2.46. The van der Waals surface area contributed by atoms with Crippen LogP contribution >= 0.6 is 0 Å². The summed E-state index contributed by atoms with van der Waals surface area (Å²) < 4.78 is 0. The molecule has 0 spiro atoms. The number of amides is 2. The van der Waals surface area contributed by atoms with Crippen LogP contribution in [0.5, 0.6) is 0 Å². The quantitative estimate of drug-likeness (QED) is 0.511. The molecule has 0 radical (unpaired) electrons. The van der Waals surface area contributed by atoms with Gasteiger partial charge >= 0.3 is 11.8 Å². The van der Waals surface area contributed by atoms with Crippen LogP contribution in [0.1, 0.15) is 19.8 Å². The van der Waals surface area contributed by atoms with Crippen molar-refractivity contribution >= 4 is 23.2 Å². The van der Waals surface area contributed by atoms with Crippen molar-refractivity contribution in [2.24, 2.45) is 5.92 Å². The standard InChI is InChI=1S/C14H17N3O4/c1-10-4-3-7-16(9-10)14(19)13(18)15-11-5-2-6-12(8-11)17(20)21/h2,5-6,8,10H,3-4,7,9H2,1H3,(H,15,18). The molecule has 7 nitrogen and oxygen atoms in total. The molecule has 1 aliphatic heterocycles. The predicted molar refractivity (Wildman–Crippen MR) is 76.7 cm³/mol. The molecule has 0 aromatic heterocycles. The second kappa shape index (κ2) is 6.34. The summed E-state index contributed by atoms with van der Waals surface area (Å²) in [5.74, 6) is -0.967. The Labute approximate surface area is 122 Å². The molecule has 7 heteroatoms. The number of likely N-dealkylation sites (tertiary alicyclic amines) is 1. The van der Waals surface area contributed by atoms with Gasteiger partial charge in [0.2, 0.25) is 0 Å². The van der Waals surface area contributed by atoms with Crippen LogP contribution in [0.3, 0.4) is 0 Å². The molecular weight excluding hydrogens is 274 g/mol. The SMILES string of the molecule is CC1CCCN(C(=O)C(=O)Nc2cccc([N+](=O)[O-])c2)C1. The fraction of sp³-hybridized carbons (Fsp3) is 0.429. The van der Waals surface area contributed by atoms with Gasteiger partial charge in [-0.15, -0.1) is 0 Å². The lowest BCUT2D eigenvalue weighted by atomic mass is 10.0. The number of hydrogen-bond acceptors (Lipinski definition) is 4. The van der Waals surface area contributed by atoms with Crippen molar-refractivity contribution in [1.29, 1.82) is 0 Å². The average molecular weight is 291 g/mol. The predicted octanol–water partition coefficient (Wildman–Crippen LogP) is 1.79. The van der Waals surface area contributed by atoms with E-state index in [0.717, 1.165) is 12.8 Å². The molecule has 1 heterocycles.